The van der Waals surface area contributed by atoms with Crippen molar-refractivity contribution >= 4 is 17.9 Å². The van der Waals surface area contributed by atoms with Crippen LogP contribution in [0, 0.1) is 0 Å². The van der Waals surface area contributed by atoms with E-state index in [1.807, 2.05) is 0 Å². The number of carbonyl (C=O) groups is 3. The molecular formula is C13H20O6. The standard InChI is InChI=1S/C13H20O6/c1-10(2)13(16)19-9-8-18-12(15)7-5-4-6-11(14)17-3/h1,4-9H2,2-3H3. The second-order valence-electron chi connectivity index (χ2n) is 3.92. The van der Waals surface area contributed by atoms with E-state index in [9.17, 15) is 14.4 Å². The van der Waals surface area contributed by atoms with Crippen molar-refractivity contribution in [2.75, 3.05) is 20.3 Å². The summed E-state index contributed by atoms with van der Waals surface area (Å²) in [5.74, 6) is -1.18. The maximum absolute atomic E-state index is 11.2. The molecule has 0 aromatic rings. The van der Waals surface area contributed by atoms with E-state index in [2.05, 4.69) is 11.3 Å². The Morgan fingerprint density at radius 2 is 1.47 bits per heavy atom. The minimum atomic E-state index is -0.505. The van der Waals surface area contributed by atoms with Crippen LogP contribution in [0.3, 0.4) is 0 Å². The summed E-state index contributed by atoms with van der Waals surface area (Å²) < 4.78 is 14.1. The van der Waals surface area contributed by atoms with Gasteiger partial charge in [0.05, 0.1) is 7.11 Å². The van der Waals surface area contributed by atoms with Crippen molar-refractivity contribution < 1.29 is 28.6 Å². The van der Waals surface area contributed by atoms with Gasteiger partial charge in [0.15, 0.2) is 0 Å². The summed E-state index contributed by atoms with van der Waals surface area (Å²) in [6, 6.07) is 0. The summed E-state index contributed by atoms with van der Waals surface area (Å²) in [7, 11) is 1.32. The maximum atomic E-state index is 11.2. The Balaban J connectivity index is 3.47. The van der Waals surface area contributed by atoms with Gasteiger partial charge in [-0.15, -0.1) is 0 Å². The zero-order valence-corrected chi connectivity index (χ0v) is 11.4. The van der Waals surface area contributed by atoms with Crippen molar-refractivity contribution in [1.82, 2.24) is 0 Å². The molecule has 0 spiro atoms. The Kier molecular flexibility index (Phi) is 9.12. The van der Waals surface area contributed by atoms with Crippen molar-refractivity contribution in [2.45, 2.75) is 32.6 Å². The SMILES string of the molecule is C=C(C)C(=O)OCCOC(=O)CCCCC(=O)OC. The van der Waals surface area contributed by atoms with E-state index in [-0.39, 0.29) is 31.6 Å². The lowest BCUT2D eigenvalue weighted by Gasteiger charge is -2.06. The lowest BCUT2D eigenvalue weighted by Crippen LogP contribution is -2.14. The molecule has 0 saturated carbocycles. The van der Waals surface area contributed by atoms with Crippen LogP contribution in [0.25, 0.3) is 0 Å². The summed E-state index contributed by atoms with van der Waals surface area (Å²) in [4.78, 5) is 33.0. The van der Waals surface area contributed by atoms with E-state index in [4.69, 9.17) is 9.47 Å². The molecule has 0 rings (SSSR count). The van der Waals surface area contributed by atoms with Gasteiger partial charge in [-0.2, -0.15) is 0 Å². The van der Waals surface area contributed by atoms with E-state index >= 15 is 0 Å². The molecule has 6 nitrogen and oxygen atoms in total. The quantitative estimate of drug-likeness (QED) is 0.273. The van der Waals surface area contributed by atoms with E-state index in [0.717, 1.165) is 0 Å². The molecule has 0 aliphatic heterocycles. The van der Waals surface area contributed by atoms with Crippen LogP contribution < -0.4 is 0 Å². The Bertz CT molecular complexity index is 334. The number of ether oxygens (including phenoxy) is 3. The molecule has 0 aromatic carbocycles. The lowest BCUT2D eigenvalue weighted by molar-refractivity contribution is -0.150. The van der Waals surface area contributed by atoms with Crippen molar-refractivity contribution in [1.29, 1.82) is 0 Å². The van der Waals surface area contributed by atoms with Gasteiger partial charge < -0.3 is 14.2 Å². The predicted molar refractivity (Wildman–Crippen MR) is 67.2 cm³/mol. The largest absolute Gasteiger partial charge is 0.469 e. The Morgan fingerprint density at radius 3 is 2.00 bits per heavy atom. The molecule has 0 atom stereocenters. The van der Waals surface area contributed by atoms with Crippen LogP contribution >= 0.6 is 0 Å². The van der Waals surface area contributed by atoms with Gasteiger partial charge in [0, 0.05) is 18.4 Å². The topological polar surface area (TPSA) is 78.9 Å². The van der Waals surface area contributed by atoms with Gasteiger partial charge in [0.2, 0.25) is 0 Å². The highest BCUT2D eigenvalue weighted by atomic mass is 16.6. The van der Waals surface area contributed by atoms with Gasteiger partial charge in [-0.1, -0.05) is 6.58 Å². The van der Waals surface area contributed by atoms with Gasteiger partial charge in [-0.25, -0.2) is 4.79 Å². The fourth-order valence-electron chi connectivity index (χ4n) is 1.13. The number of carbonyl (C=O) groups excluding carboxylic acids is 3. The Labute approximate surface area is 112 Å². The molecule has 0 amide bonds. The van der Waals surface area contributed by atoms with Crippen LogP contribution in [0.1, 0.15) is 32.6 Å². The molecule has 0 radical (unpaired) electrons. The van der Waals surface area contributed by atoms with Gasteiger partial charge in [0.25, 0.3) is 0 Å². The number of esters is 3. The summed E-state index contributed by atoms with van der Waals surface area (Å²) in [6.07, 6.45) is 1.65. The lowest BCUT2D eigenvalue weighted by atomic mass is 10.2. The maximum Gasteiger partial charge on any atom is 0.333 e. The van der Waals surface area contributed by atoms with Gasteiger partial charge in [0.1, 0.15) is 13.2 Å². The van der Waals surface area contributed by atoms with Gasteiger partial charge in [-0.05, 0) is 19.8 Å². The highest BCUT2D eigenvalue weighted by Crippen LogP contribution is 2.02. The summed E-state index contributed by atoms with van der Waals surface area (Å²) in [5.41, 5.74) is 0.300. The molecule has 0 aliphatic rings. The fourth-order valence-corrected chi connectivity index (χ4v) is 1.13. The molecule has 0 saturated heterocycles. The summed E-state index contributed by atoms with van der Waals surface area (Å²) in [5, 5.41) is 0. The van der Waals surface area contributed by atoms with Crippen molar-refractivity contribution in [3.63, 3.8) is 0 Å². The number of hydrogen-bond donors (Lipinski definition) is 0. The highest BCUT2D eigenvalue weighted by Gasteiger charge is 2.06. The number of unbranched alkanes of at least 4 members (excludes halogenated alkanes) is 1. The Morgan fingerprint density at radius 1 is 0.947 bits per heavy atom. The molecule has 0 N–H and O–H groups in total. The average molecular weight is 272 g/mol. The molecule has 0 aliphatic carbocycles. The van der Waals surface area contributed by atoms with Crippen molar-refractivity contribution in [3.8, 4) is 0 Å². The van der Waals surface area contributed by atoms with Crippen LogP contribution in [-0.2, 0) is 28.6 Å². The molecule has 19 heavy (non-hydrogen) atoms. The normalized spacial score (nSPS) is 9.58. The van der Waals surface area contributed by atoms with Gasteiger partial charge in [-0.3, -0.25) is 9.59 Å². The first-order valence-corrected chi connectivity index (χ1v) is 6.02. The van der Waals surface area contributed by atoms with E-state index < -0.39 is 5.97 Å². The second kappa shape index (κ2) is 10.1. The van der Waals surface area contributed by atoms with Crippen LogP contribution in [-0.4, -0.2) is 38.2 Å². The molecule has 0 unspecified atom stereocenters. The van der Waals surface area contributed by atoms with Crippen LogP contribution in [0.5, 0.6) is 0 Å². The van der Waals surface area contributed by atoms with E-state index in [1.54, 1.807) is 0 Å². The predicted octanol–water partition coefficient (Wildman–Crippen LogP) is 1.38. The molecule has 6 heteroatoms. The first-order valence-electron chi connectivity index (χ1n) is 6.02. The smallest absolute Gasteiger partial charge is 0.333 e. The summed E-state index contributed by atoms with van der Waals surface area (Å²) in [6.45, 7) is 4.99. The van der Waals surface area contributed by atoms with Crippen LogP contribution in [0.15, 0.2) is 12.2 Å². The minimum absolute atomic E-state index is 0.0135. The monoisotopic (exact) mass is 272 g/mol. The molecule has 0 fully saturated rings. The minimum Gasteiger partial charge on any atom is -0.469 e. The molecule has 0 heterocycles. The molecular weight excluding hydrogens is 252 g/mol. The number of rotatable bonds is 9. The summed E-state index contributed by atoms with van der Waals surface area (Å²) >= 11 is 0. The number of hydrogen-bond acceptors (Lipinski definition) is 6. The zero-order chi connectivity index (χ0) is 14.7. The fraction of sp³-hybridized carbons (Fsp3) is 0.615. The third kappa shape index (κ3) is 9.82. The third-order valence-corrected chi connectivity index (χ3v) is 2.17. The zero-order valence-electron chi connectivity index (χ0n) is 11.4. The average Bonchev–Trinajstić information content (AvgIpc) is 2.38. The molecule has 108 valence electrons. The van der Waals surface area contributed by atoms with E-state index in [1.165, 1.54) is 14.0 Å². The third-order valence-electron chi connectivity index (χ3n) is 2.17. The van der Waals surface area contributed by atoms with Crippen LogP contribution in [0.4, 0.5) is 0 Å². The molecule has 0 bridgehead atoms. The van der Waals surface area contributed by atoms with Crippen LogP contribution in [0.2, 0.25) is 0 Å². The molecule has 0 aromatic heterocycles. The first kappa shape index (κ1) is 17.2. The number of methoxy groups -OCH3 is 1. The van der Waals surface area contributed by atoms with Gasteiger partial charge >= 0.3 is 17.9 Å². The van der Waals surface area contributed by atoms with E-state index in [0.29, 0.717) is 24.8 Å². The van der Waals surface area contributed by atoms with Crippen molar-refractivity contribution in [3.05, 3.63) is 12.2 Å². The highest BCUT2D eigenvalue weighted by molar-refractivity contribution is 5.86. The first-order chi connectivity index (χ1) is 8.97. The second-order valence-corrected chi connectivity index (χ2v) is 3.92. The Hall–Kier alpha value is -1.85. The van der Waals surface area contributed by atoms with Crippen molar-refractivity contribution in [2.24, 2.45) is 0 Å².